The van der Waals surface area contributed by atoms with Crippen LogP contribution in [-0.4, -0.2) is 41.6 Å². The second-order valence-corrected chi connectivity index (χ2v) is 11.9. The van der Waals surface area contributed by atoms with Gasteiger partial charge in [-0.2, -0.15) is 0 Å². The van der Waals surface area contributed by atoms with Gasteiger partial charge in [0.15, 0.2) is 5.82 Å². The van der Waals surface area contributed by atoms with Gasteiger partial charge in [0.25, 0.3) is 0 Å². The van der Waals surface area contributed by atoms with Gasteiger partial charge in [-0.3, -0.25) is 14.8 Å². The summed E-state index contributed by atoms with van der Waals surface area (Å²) in [7, 11) is -3.88. The fourth-order valence-corrected chi connectivity index (χ4v) is 5.11. The van der Waals surface area contributed by atoms with Gasteiger partial charge in [0.05, 0.1) is 17.0 Å². The highest BCUT2D eigenvalue weighted by molar-refractivity contribution is 7.92. The molecule has 0 radical (unpaired) electrons. The second-order valence-electron chi connectivity index (χ2n) is 10.1. The van der Waals surface area contributed by atoms with E-state index in [-0.39, 0.29) is 17.7 Å². The van der Waals surface area contributed by atoms with Gasteiger partial charge in [-0.05, 0) is 63.1 Å². The number of pyridine rings is 1. The number of sulfonamides is 1. The van der Waals surface area contributed by atoms with Crippen molar-refractivity contribution in [1.29, 1.82) is 0 Å². The molecule has 0 bridgehead atoms. The number of carbonyl (C=O) groups is 2. The summed E-state index contributed by atoms with van der Waals surface area (Å²) >= 11 is 0. The van der Waals surface area contributed by atoms with E-state index >= 15 is 4.39 Å². The Morgan fingerprint density at radius 3 is 2.40 bits per heavy atom. The molecule has 0 aliphatic rings. The van der Waals surface area contributed by atoms with Gasteiger partial charge < -0.3 is 9.72 Å². The summed E-state index contributed by atoms with van der Waals surface area (Å²) in [5.41, 5.74) is 0.0328. The van der Waals surface area contributed by atoms with Gasteiger partial charge in [-0.25, -0.2) is 27.0 Å². The zero-order valence-corrected chi connectivity index (χ0v) is 23.1. The van der Waals surface area contributed by atoms with E-state index < -0.39 is 50.4 Å². The fraction of sp³-hybridized carbons (Fsp3) is 0.250. The van der Waals surface area contributed by atoms with E-state index in [2.05, 4.69) is 20.0 Å². The van der Waals surface area contributed by atoms with Crippen LogP contribution in [-0.2, 0) is 14.8 Å². The Labute approximate surface area is 230 Å². The number of carbonyl (C=O) groups excluding carboxylic acids is 2. The molecule has 12 heteroatoms. The fourth-order valence-electron chi connectivity index (χ4n) is 3.98. The molecular weight excluding hydrogens is 542 g/mol. The lowest BCUT2D eigenvalue weighted by atomic mass is 9.99. The first-order chi connectivity index (χ1) is 18.8. The van der Waals surface area contributed by atoms with Gasteiger partial charge in [0, 0.05) is 34.6 Å². The first-order valence-corrected chi connectivity index (χ1v) is 14.0. The average Bonchev–Trinajstić information content (AvgIpc) is 3.28. The van der Waals surface area contributed by atoms with E-state index in [1.54, 1.807) is 64.2 Å². The quantitative estimate of drug-likeness (QED) is 0.215. The number of ether oxygens (including phenoxy) is 1. The molecule has 0 atom stereocenters. The molecule has 4 aromatic rings. The molecule has 40 heavy (non-hydrogen) atoms. The van der Waals surface area contributed by atoms with Crippen LogP contribution in [0.3, 0.4) is 0 Å². The number of halogens is 2. The number of fused-ring (bicyclic) bond motifs is 1. The molecule has 0 unspecified atom stereocenters. The number of hydrogen-bond donors (Lipinski definition) is 3. The highest BCUT2D eigenvalue weighted by atomic mass is 32.2. The van der Waals surface area contributed by atoms with Crippen LogP contribution in [0.15, 0.2) is 54.9 Å². The largest absolute Gasteiger partial charge is 0.444 e. The number of amides is 1. The van der Waals surface area contributed by atoms with Crippen LogP contribution < -0.4 is 10.0 Å². The maximum atomic E-state index is 15.3. The van der Waals surface area contributed by atoms with E-state index in [0.29, 0.717) is 27.8 Å². The lowest BCUT2D eigenvalue weighted by Gasteiger charge is -2.19. The minimum absolute atomic E-state index is 0.0427. The monoisotopic (exact) mass is 570 g/mol. The third kappa shape index (κ3) is 6.45. The average molecular weight is 571 g/mol. The molecular formula is C28H28F2N4O5S. The lowest BCUT2D eigenvalue weighted by molar-refractivity contribution is 0.0635. The molecule has 4 rings (SSSR count). The number of aromatic amines is 1. The maximum Gasteiger partial charge on any atom is 0.412 e. The molecule has 0 spiro atoms. The summed E-state index contributed by atoms with van der Waals surface area (Å²) in [6.07, 6.45) is 2.55. The Balaban J connectivity index is 1.64. The van der Waals surface area contributed by atoms with Gasteiger partial charge >= 0.3 is 6.09 Å². The number of hydrogen-bond acceptors (Lipinski definition) is 6. The van der Waals surface area contributed by atoms with Crippen molar-refractivity contribution in [2.24, 2.45) is 0 Å². The maximum absolute atomic E-state index is 15.3. The van der Waals surface area contributed by atoms with Gasteiger partial charge in [-0.15, -0.1) is 0 Å². The zero-order valence-electron chi connectivity index (χ0n) is 22.3. The summed E-state index contributed by atoms with van der Waals surface area (Å²) < 4.78 is 61.5. The second kappa shape index (κ2) is 11.0. The molecule has 1 amide bonds. The topological polar surface area (TPSA) is 130 Å². The predicted octanol–water partition coefficient (Wildman–Crippen LogP) is 6.24. The Morgan fingerprint density at radius 1 is 1.05 bits per heavy atom. The van der Waals surface area contributed by atoms with Crippen molar-refractivity contribution >= 4 is 44.3 Å². The minimum atomic E-state index is -3.88. The molecule has 2 heterocycles. The number of benzene rings is 2. The summed E-state index contributed by atoms with van der Waals surface area (Å²) in [6.45, 7) is 6.91. The minimum Gasteiger partial charge on any atom is -0.444 e. The molecule has 210 valence electrons. The molecule has 0 saturated heterocycles. The van der Waals surface area contributed by atoms with E-state index in [1.807, 2.05) is 0 Å². The first-order valence-electron chi connectivity index (χ1n) is 12.4. The van der Waals surface area contributed by atoms with Crippen LogP contribution in [0.5, 0.6) is 0 Å². The highest BCUT2D eigenvalue weighted by Crippen LogP contribution is 2.30. The summed E-state index contributed by atoms with van der Waals surface area (Å²) in [5.74, 6) is -3.68. The Kier molecular flexibility index (Phi) is 7.92. The predicted molar refractivity (Wildman–Crippen MR) is 149 cm³/mol. The zero-order chi connectivity index (χ0) is 29.2. The van der Waals surface area contributed by atoms with Crippen LogP contribution in [0.25, 0.3) is 22.2 Å². The summed E-state index contributed by atoms with van der Waals surface area (Å²) in [6, 6.07) is 10.2. The lowest BCUT2D eigenvalue weighted by Crippen LogP contribution is -2.27. The number of aromatic nitrogens is 2. The van der Waals surface area contributed by atoms with Gasteiger partial charge in [0.2, 0.25) is 15.8 Å². The van der Waals surface area contributed by atoms with Crippen LogP contribution in [0.2, 0.25) is 0 Å². The van der Waals surface area contributed by atoms with E-state index in [4.69, 9.17) is 4.74 Å². The highest BCUT2D eigenvalue weighted by Gasteiger charge is 2.26. The standard InChI is InChI=1S/C28H28F2N4O5S/c1-5-12-40(37,38)34-22-11-10-21(29)23(24(22)30)25(35)20-15-32-26-19(20)13-17(14-31-26)16-6-8-18(9-7-16)33-27(36)39-28(2,3)4/h6-11,13-15,34H,5,12H2,1-4H3,(H,31,32)(H,33,36). The van der Waals surface area contributed by atoms with Crippen LogP contribution in [0.4, 0.5) is 25.0 Å². The van der Waals surface area contributed by atoms with Crippen LogP contribution in [0, 0.1) is 11.6 Å². The third-order valence-electron chi connectivity index (χ3n) is 5.70. The molecule has 0 fully saturated rings. The molecule has 2 aromatic heterocycles. The summed E-state index contributed by atoms with van der Waals surface area (Å²) in [4.78, 5) is 32.5. The van der Waals surface area contributed by atoms with Crippen molar-refractivity contribution < 1.29 is 31.5 Å². The van der Waals surface area contributed by atoms with Crippen molar-refractivity contribution in [2.75, 3.05) is 15.8 Å². The third-order valence-corrected chi connectivity index (χ3v) is 7.17. The normalized spacial score (nSPS) is 11.8. The van der Waals surface area contributed by atoms with Crippen molar-refractivity contribution in [3.63, 3.8) is 0 Å². The van der Waals surface area contributed by atoms with E-state index in [9.17, 15) is 22.4 Å². The van der Waals surface area contributed by atoms with Crippen LogP contribution in [0.1, 0.15) is 50.0 Å². The smallest absolute Gasteiger partial charge is 0.412 e. The van der Waals surface area contributed by atoms with Crippen molar-refractivity contribution in [2.45, 2.75) is 39.7 Å². The van der Waals surface area contributed by atoms with Gasteiger partial charge in [0.1, 0.15) is 17.1 Å². The SMILES string of the molecule is CCCS(=O)(=O)Nc1ccc(F)c(C(=O)c2c[nH]c3ncc(-c4ccc(NC(=O)OC(C)(C)C)cc4)cc23)c1F. The number of H-pyrrole nitrogens is 1. The number of nitrogens with zero attached hydrogens (tertiary/aromatic N) is 1. The number of ketones is 1. The number of anilines is 2. The molecule has 0 aliphatic carbocycles. The number of rotatable bonds is 8. The van der Waals surface area contributed by atoms with Gasteiger partial charge in [-0.1, -0.05) is 19.1 Å². The first kappa shape index (κ1) is 28.7. The molecule has 0 aliphatic heterocycles. The summed E-state index contributed by atoms with van der Waals surface area (Å²) in [5, 5.41) is 2.95. The van der Waals surface area contributed by atoms with Crippen molar-refractivity contribution in [3.8, 4) is 11.1 Å². The molecule has 9 nitrogen and oxygen atoms in total. The Bertz CT molecular complexity index is 1690. The van der Waals surface area contributed by atoms with Crippen molar-refractivity contribution in [3.05, 3.63) is 77.6 Å². The van der Waals surface area contributed by atoms with Crippen molar-refractivity contribution in [1.82, 2.24) is 9.97 Å². The Morgan fingerprint density at radius 2 is 1.75 bits per heavy atom. The Hall–Kier alpha value is -4.32. The molecule has 2 aromatic carbocycles. The molecule has 3 N–H and O–H groups in total. The van der Waals surface area contributed by atoms with E-state index in [0.717, 1.165) is 12.1 Å². The van der Waals surface area contributed by atoms with E-state index in [1.165, 1.54) is 6.20 Å². The number of nitrogens with one attached hydrogen (secondary N) is 3. The molecule has 0 saturated carbocycles. The van der Waals surface area contributed by atoms with Crippen LogP contribution >= 0.6 is 0 Å².